The zero-order valence-electron chi connectivity index (χ0n) is 14.7. The number of anilines is 1. The van der Waals surface area contributed by atoms with E-state index in [2.05, 4.69) is 40.8 Å². The molecule has 3 rings (SSSR count). The molecular weight excluding hydrogens is 388 g/mol. The van der Waals surface area contributed by atoms with E-state index in [-0.39, 0.29) is 4.90 Å². The Bertz CT molecular complexity index is 920. The number of benzene rings is 1. The maximum absolute atomic E-state index is 12.1. The predicted octanol–water partition coefficient (Wildman–Crippen LogP) is 2.36. The standard InChI is InChI=1S/C17H22N4O2S3/c1-21(2)10-12-6-7-13(25-12)11-24-9-8-19-17-16-14(18)4-3-5-15(16)26(22,23)20-17/h3-7H,8-11,18H2,1-2H3,(H,19,20). The van der Waals surface area contributed by atoms with Crippen LogP contribution in [0.15, 0.2) is 39.6 Å². The van der Waals surface area contributed by atoms with E-state index in [4.69, 9.17) is 5.73 Å². The van der Waals surface area contributed by atoms with Crippen LogP contribution in [-0.2, 0) is 22.3 Å². The zero-order chi connectivity index (χ0) is 18.7. The van der Waals surface area contributed by atoms with Crippen LogP contribution in [0.4, 0.5) is 5.69 Å². The third-order valence-corrected chi connectivity index (χ3v) is 7.34. The average Bonchev–Trinajstić information content (AvgIpc) is 3.10. The molecule has 9 heteroatoms. The van der Waals surface area contributed by atoms with Crippen LogP contribution in [0.25, 0.3) is 0 Å². The highest BCUT2D eigenvalue weighted by Crippen LogP contribution is 2.29. The molecule has 1 aromatic heterocycles. The van der Waals surface area contributed by atoms with Gasteiger partial charge in [-0.25, -0.2) is 0 Å². The van der Waals surface area contributed by atoms with Gasteiger partial charge in [-0.05, 0) is 38.4 Å². The van der Waals surface area contributed by atoms with Crippen LogP contribution in [0.3, 0.4) is 0 Å². The topological polar surface area (TPSA) is 87.8 Å². The first-order valence-electron chi connectivity index (χ1n) is 8.14. The van der Waals surface area contributed by atoms with Crippen molar-refractivity contribution in [3.8, 4) is 0 Å². The van der Waals surface area contributed by atoms with E-state index in [1.807, 2.05) is 11.3 Å². The van der Waals surface area contributed by atoms with Crippen LogP contribution >= 0.6 is 23.1 Å². The van der Waals surface area contributed by atoms with Gasteiger partial charge >= 0.3 is 0 Å². The number of hydrogen-bond acceptors (Lipinski definition) is 7. The molecule has 140 valence electrons. The molecule has 3 N–H and O–H groups in total. The minimum Gasteiger partial charge on any atom is -0.398 e. The maximum Gasteiger partial charge on any atom is 0.285 e. The second kappa shape index (κ2) is 7.99. The van der Waals surface area contributed by atoms with E-state index in [1.54, 1.807) is 23.9 Å². The number of nitrogen functional groups attached to an aromatic ring is 1. The number of rotatable bonds is 7. The Morgan fingerprint density at radius 3 is 2.77 bits per heavy atom. The van der Waals surface area contributed by atoms with Crippen LogP contribution < -0.4 is 11.1 Å². The molecule has 0 unspecified atom stereocenters. The Labute approximate surface area is 162 Å². The summed E-state index contributed by atoms with van der Waals surface area (Å²) < 4.78 is 28.0. The molecule has 0 radical (unpaired) electrons. The molecule has 0 atom stereocenters. The van der Waals surface area contributed by atoms with Gasteiger partial charge in [0.25, 0.3) is 10.0 Å². The van der Waals surface area contributed by atoms with Gasteiger partial charge in [-0.3, -0.25) is 0 Å². The fourth-order valence-corrected chi connectivity index (χ4v) is 5.99. The van der Waals surface area contributed by atoms with E-state index < -0.39 is 10.0 Å². The molecule has 6 nitrogen and oxygen atoms in total. The molecule has 0 bridgehead atoms. The van der Waals surface area contributed by atoms with Crippen LogP contribution in [0.2, 0.25) is 0 Å². The van der Waals surface area contributed by atoms with Crippen LogP contribution in [0.1, 0.15) is 15.3 Å². The summed E-state index contributed by atoms with van der Waals surface area (Å²) in [5.74, 6) is 2.15. The number of thioether (sulfide) groups is 1. The summed E-state index contributed by atoms with van der Waals surface area (Å²) in [5.41, 5.74) is 6.85. The Kier molecular flexibility index (Phi) is 5.91. The third-order valence-electron chi connectivity index (χ3n) is 3.76. The van der Waals surface area contributed by atoms with Crippen molar-refractivity contribution in [1.82, 2.24) is 10.2 Å². The van der Waals surface area contributed by atoms with E-state index in [1.165, 1.54) is 15.8 Å². The SMILES string of the molecule is CN(C)Cc1ccc(CSCCNC2=NS(=O)(=O)c3cccc(N)c32)s1. The minimum atomic E-state index is -3.63. The number of fused-ring (bicyclic) bond motifs is 1. The summed E-state index contributed by atoms with van der Waals surface area (Å²) in [6.07, 6.45) is 0. The fourth-order valence-electron chi connectivity index (χ4n) is 2.66. The van der Waals surface area contributed by atoms with Crippen molar-refractivity contribution in [2.24, 2.45) is 4.40 Å². The summed E-state index contributed by atoms with van der Waals surface area (Å²) in [5, 5.41) is 3.12. The molecule has 0 aliphatic carbocycles. The van der Waals surface area contributed by atoms with E-state index in [9.17, 15) is 8.42 Å². The highest BCUT2D eigenvalue weighted by Gasteiger charge is 2.30. The molecule has 2 aromatic rings. The van der Waals surface area contributed by atoms with E-state index in [0.29, 0.717) is 23.6 Å². The van der Waals surface area contributed by atoms with Crippen molar-refractivity contribution in [1.29, 1.82) is 0 Å². The normalized spacial score (nSPS) is 15.1. The summed E-state index contributed by atoms with van der Waals surface area (Å²) in [7, 11) is 0.498. The smallest absolute Gasteiger partial charge is 0.285 e. The summed E-state index contributed by atoms with van der Waals surface area (Å²) in [4.78, 5) is 5.05. The van der Waals surface area contributed by atoms with Gasteiger partial charge in [0.2, 0.25) is 0 Å². The minimum absolute atomic E-state index is 0.180. The van der Waals surface area contributed by atoms with E-state index >= 15 is 0 Å². The second-order valence-electron chi connectivity index (χ2n) is 6.22. The van der Waals surface area contributed by atoms with Crippen LogP contribution in [0, 0.1) is 0 Å². The summed E-state index contributed by atoms with van der Waals surface area (Å²) in [6.45, 7) is 1.59. The summed E-state index contributed by atoms with van der Waals surface area (Å²) in [6, 6.07) is 9.21. The number of sulfonamides is 1. The quantitative estimate of drug-likeness (QED) is 0.538. The molecule has 0 fully saturated rings. The Morgan fingerprint density at radius 1 is 1.23 bits per heavy atom. The monoisotopic (exact) mass is 410 g/mol. The summed E-state index contributed by atoms with van der Waals surface area (Å²) >= 11 is 3.64. The van der Waals surface area contributed by atoms with Crippen molar-refractivity contribution in [2.75, 3.05) is 32.1 Å². The molecule has 0 saturated heterocycles. The molecule has 2 heterocycles. The van der Waals surface area contributed by atoms with Gasteiger partial charge in [-0.2, -0.15) is 20.2 Å². The van der Waals surface area contributed by atoms with Gasteiger partial charge in [-0.1, -0.05) is 6.07 Å². The maximum atomic E-state index is 12.1. The first-order valence-corrected chi connectivity index (χ1v) is 11.6. The van der Waals surface area contributed by atoms with Crippen LogP contribution in [0.5, 0.6) is 0 Å². The number of amidine groups is 1. The van der Waals surface area contributed by atoms with Gasteiger partial charge < -0.3 is 16.0 Å². The first-order chi connectivity index (χ1) is 12.4. The number of thiophene rings is 1. The molecule has 0 amide bonds. The Balaban J connectivity index is 1.50. The van der Waals surface area contributed by atoms with Gasteiger partial charge in [-0.15, -0.1) is 15.7 Å². The van der Waals surface area contributed by atoms with Crippen molar-refractivity contribution < 1.29 is 8.42 Å². The third kappa shape index (κ3) is 4.40. The lowest BCUT2D eigenvalue weighted by Crippen LogP contribution is -2.26. The fraction of sp³-hybridized carbons (Fsp3) is 0.353. The van der Waals surface area contributed by atoms with Gasteiger partial charge in [0.05, 0.1) is 5.56 Å². The highest BCUT2D eigenvalue weighted by atomic mass is 32.2. The van der Waals surface area contributed by atoms with Gasteiger partial charge in [0.15, 0.2) is 0 Å². The van der Waals surface area contributed by atoms with Crippen molar-refractivity contribution >= 4 is 44.6 Å². The molecule has 0 saturated carbocycles. The number of nitrogens with two attached hydrogens (primary N) is 1. The zero-order valence-corrected chi connectivity index (χ0v) is 17.2. The lowest BCUT2D eigenvalue weighted by atomic mass is 10.1. The van der Waals surface area contributed by atoms with Crippen LogP contribution in [-0.4, -0.2) is 45.5 Å². The molecule has 26 heavy (non-hydrogen) atoms. The second-order valence-corrected chi connectivity index (χ2v) is 10.2. The van der Waals surface area contributed by atoms with Crippen molar-refractivity contribution in [3.05, 3.63) is 45.6 Å². The van der Waals surface area contributed by atoms with Gasteiger partial charge in [0, 0.05) is 40.0 Å². The first kappa shape index (κ1) is 19.2. The number of nitrogens with zero attached hydrogens (tertiary/aromatic N) is 2. The van der Waals surface area contributed by atoms with Crippen molar-refractivity contribution in [2.45, 2.75) is 17.2 Å². The van der Waals surface area contributed by atoms with Crippen molar-refractivity contribution in [3.63, 3.8) is 0 Å². The van der Waals surface area contributed by atoms with E-state index in [0.717, 1.165) is 18.1 Å². The molecule has 1 aliphatic heterocycles. The Morgan fingerprint density at radius 2 is 2.00 bits per heavy atom. The molecule has 1 aliphatic rings. The lowest BCUT2D eigenvalue weighted by Gasteiger charge is -2.08. The number of nitrogens with one attached hydrogen (secondary N) is 1. The predicted molar refractivity (Wildman–Crippen MR) is 110 cm³/mol. The molecular formula is C17H22N4O2S3. The number of hydrogen-bond donors (Lipinski definition) is 2. The Hall–Kier alpha value is -1.55. The molecule has 1 aromatic carbocycles. The highest BCUT2D eigenvalue weighted by molar-refractivity contribution is 7.98. The largest absolute Gasteiger partial charge is 0.398 e. The average molecular weight is 411 g/mol. The molecule has 0 spiro atoms. The van der Waals surface area contributed by atoms with Gasteiger partial charge in [0.1, 0.15) is 10.7 Å². The lowest BCUT2D eigenvalue weighted by molar-refractivity contribution is 0.406.